The lowest BCUT2D eigenvalue weighted by Crippen LogP contribution is -2.15. The minimum Gasteiger partial charge on any atom is -0.462 e. The van der Waals surface area contributed by atoms with Crippen molar-refractivity contribution in [3.8, 4) is 0 Å². The van der Waals surface area contributed by atoms with Gasteiger partial charge in [0, 0.05) is 0 Å². The lowest BCUT2D eigenvalue weighted by molar-refractivity contribution is 0.0526. The first kappa shape index (κ1) is 14.7. The molecule has 0 spiro atoms. The first-order chi connectivity index (χ1) is 8.31. The van der Waals surface area contributed by atoms with Crippen LogP contribution in [0.5, 0.6) is 0 Å². The second-order valence-electron chi connectivity index (χ2n) is 3.35. The minimum absolute atomic E-state index is 0.0556. The van der Waals surface area contributed by atoms with Gasteiger partial charge in [-0.15, -0.1) is 0 Å². The van der Waals surface area contributed by atoms with Crippen molar-refractivity contribution in [2.24, 2.45) is 5.14 Å². The van der Waals surface area contributed by atoms with Crippen LogP contribution in [0.15, 0.2) is 23.6 Å². The van der Waals surface area contributed by atoms with Gasteiger partial charge in [0.1, 0.15) is 4.90 Å². The lowest BCUT2D eigenvalue weighted by Gasteiger charge is -2.09. The number of halogens is 1. The molecule has 0 aliphatic heterocycles. The summed E-state index contributed by atoms with van der Waals surface area (Å²) < 4.78 is 27.5. The number of hydrogen-bond acceptors (Lipinski definition) is 4. The van der Waals surface area contributed by atoms with Gasteiger partial charge in [-0.25, -0.2) is 18.4 Å². The van der Waals surface area contributed by atoms with E-state index in [-0.39, 0.29) is 22.1 Å². The number of carbonyl (C=O) groups excluding carboxylic acids is 1. The highest BCUT2D eigenvalue weighted by molar-refractivity contribution is 7.89. The predicted molar refractivity (Wildman–Crippen MR) is 68.9 cm³/mol. The van der Waals surface area contributed by atoms with Gasteiger partial charge >= 0.3 is 5.97 Å². The van der Waals surface area contributed by atoms with Crippen molar-refractivity contribution in [3.63, 3.8) is 0 Å². The number of sulfonamides is 1. The van der Waals surface area contributed by atoms with Crippen molar-refractivity contribution in [1.29, 1.82) is 0 Å². The number of ether oxygens (including phenoxy) is 1. The zero-order valence-corrected chi connectivity index (χ0v) is 11.2. The molecule has 18 heavy (non-hydrogen) atoms. The highest BCUT2D eigenvalue weighted by Gasteiger charge is 2.21. The van der Waals surface area contributed by atoms with Gasteiger partial charge < -0.3 is 4.74 Å². The summed E-state index contributed by atoms with van der Waals surface area (Å²) in [4.78, 5) is 11.3. The monoisotopic (exact) mass is 289 g/mol. The Morgan fingerprint density at radius 1 is 1.56 bits per heavy atom. The Labute approximate surface area is 110 Å². The molecule has 0 fully saturated rings. The van der Waals surface area contributed by atoms with Gasteiger partial charge in [-0.2, -0.15) is 0 Å². The normalized spacial score (nSPS) is 11.1. The summed E-state index contributed by atoms with van der Waals surface area (Å²) in [7, 11) is -4.02. The van der Waals surface area contributed by atoms with Crippen molar-refractivity contribution in [2.45, 2.75) is 11.8 Å². The van der Waals surface area contributed by atoms with Crippen molar-refractivity contribution in [3.05, 3.63) is 34.9 Å². The van der Waals surface area contributed by atoms with E-state index in [1.807, 2.05) is 0 Å². The van der Waals surface area contributed by atoms with E-state index in [9.17, 15) is 13.2 Å². The van der Waals surface area contributed by atoms with Crippen LogP contribution in [0.2, 0.25) is 5.02 Å². The first-order valence-electron chi connectivity index (χ1n) is 4.97. The zero-order chi connectivity index (χ0) is 13.9. The van der Waals surface area contributed by atoms with Gasteiger partial charge in [-0.05, 0) is 24.6 Å². The van der Waals surface area contributed by atoms with E-state index in [0.717, 1.165) is 0 Å². The van der Waals surface area contributed by atoms with Crippen LogP contribution >= 0.6 is 11.6 Å². The summed E-state index contributed by atoms with van der Waals surface area (Å²) in [6.45, 7) is 5.28. The Hall–Kier alpha value is -1.37. The van der Waals surface area contributed by atoms with Gasteiger partial charge in [0.05, 0.1) is 17.2 Å². The molecular formula is C11H12ClNO4S. The summed E-state index contributed by atoms with van der Waals surface area (Å²) in [5, 5.41) is 4.78. The molecule has 0 radical (unpaired) electrons. The first-order valence-corrected chi connectivity index (χ1v) is 6.89. The van der Waals surface area contributed by atoms with Gasteiger partial charge in [-0.1, -0.05) is 24.3 Å². The number of rotatable bonds is 4. The molecule has 1 aromatic carbocycles. The molecule has 1 aromatic rings. The molecule has 1 rings (SSSR count). The number of esters is 1. The lowest BCUT2D eigenvalue weighted by atomic mass is 10.1. The standard InChI is InChI=1S/C11H12ClNO4S/c1-3-7-5-8(11(14)17-4-2)10(12)9(6-7)18(13,15)16/h3,5-6H,1,4H2,2H3,(H2,13,15,16). The zero-order valence-electron chi connectivity index (χ0n) is 9.64. The summed E-state index contributed by atoms with van der Waals surface area (Å²) in [5.74, 6) is -0.712. The molecule has 7 heteroatoms. The molecule has 0 unspecified atom stereocenters. The maximum absolute atomic E-state index is 11.6. The second-order valence-corrected chi connectivity index (χ2v) is 5.26. The molecule has 2 N–H and O–H groups in total. The molecule has 0 aliphatic carbocycles. The largest absolute Gasteiger partial charge is 0.462 e. The highest BCUT2D eigenvalue weighted by Crippen LogP contribution is 2.27. The molecule has 0 heterocycles. The van der Waals surface area contributed by atoms with E-state index in [0.29, 0.717) is 5.56 Å². The number of hydrogen-bond donors (Lipinski definition) is 1. The molecule has 0 aliphatic rings. The third kappa shape index (κ3) is 3.10. The second kappa shape index (κ2) is 5.51. The third-order valence-electron chi connectivity index (χ3n) is 2.10. The summed E-state index contributed by atoms with van der Waals surface area (Å²) in [6.07, 6.45) is 1.38. The van der Waals surface area contributed by atoms with E-state index < -0.39 is 16.0 Å². The maximum Gasteiger partial charge on any atom is 0.339 e. The van der Waals surface area contributed by atoms with Gasteiger partial charge in [0.15, 0.2) is 0 Å². The van der Waals surface area contributed by atoms with E-state index in [4.69, 9.17) is 21.5 Å². The van der Waals surface area contributed by atoms with Crippen molar-refractivity contribution in [1.82, 2.24) is 0 Å². The average Bonchev–Trinajstić information content (AvgIpc) is 2.28. The Bertz CT molecular complexity index is 595. The smallest absolute Gasteiger partial charge is 0.339 e. The summed E-state index contributed by atoms with van der Waals surface area (Å²) in [5.41, 5.74) is 0.353. The van der Waals surface area contributed by atoms with E-state index >= 15 is 0 Å². The Morgan fingerprint density at radius 3 is 2.61 bits per heavy atom. The predicted octanol–water partition coefficient (Wildman–Crippen LogP) is 1.81. The van der Waals surface area contributed by atoms with Gasteiger partial charge in [0.2, 0.25) is 10.0 Å². The van der Waals surface area contributed by atoms with Crippen molar-refractivity contribution in [2.75, 3.05) is 6.61 Å². The van der Waals surface area contributed by atoms with Crippen LogP contribution in [0.3, 0.4) is 0 Å². The highest BCUT2D eigenvalue weighted by atomic mass is 35.5. The fourth-order valence-corrected chi connectivity index (χ4v) is 2.47. The van der Waals surface area contributed by atoms with Crippen LogP contribution in [0.4, 0.5) is 0 Å². The summed E-state index contributed by atoms with van der Waals surface area (Å²) in [6, 6.07) is 2.63. The van der Waals surface area contributed by atoms with Crippen molar-refractivity contribution < 1.29 is 17.9 Å². The molecule has 0 saturated carbocycles. The Balaban J connectivity index is 3.53. The Morgan fingerprint density at radius 2 is 2.17 bits per heavy atom. The third-order valence-corrected chi connectivity index (χ3v) is 3.55. The molecule has 0 saturated heterocycles. The molecule has 98 valence electrons. The number of benzene rings is 1. The van der Waals surface area contributed by atoms with Crippen LogP contribution in [0, 0.1) is 0 Å². The van der Waals surface area contributed by atoms with Crippen molar-refractivity contribution >= 4 is 33.7 Å². The van der Waals surface area contributed by atoms with E-state index in [1.54, 1.807) is 6.92 Å². The average molecular weight is 290 g/mol. The molecule has 0 atom stereocenters. The molecule has 5 nitrogen and oxygen atoms in total. The fourth-order valence-electron chi connectivity index (χ4n) is 1.30. The quantitative estimate of drug-likeness (QED) is 0.856. The molecule has 0 amide bonds. The Kier molecular flexibility index (Phi) is 4.50. The van der Waals surface area contributed by atoms with Gasteiger partial charge in [0.25, 0.3) is 0 Å². The number of primary sulfonamides is 1. The van der Waals surface area contributed by atoms with Gasteiger partial charge in [-0.3, -0.25) is 0 Å². The van der Waals surface area contributed by atoms with E-state index in [1.165, 1.54) is 18.2 Å². The van der Waals surface area contributed by atoms with Crippen LogP contribution in [-0.4, -0.2) is 21.0 Å². The molecule has 0 bridgehead atoms. The van der Waals surface area contributed by atoms with Crippen LogP contribution in [-0.2, 0) is 14.8 Å². The van der Waals surface area contributed by atoms with Crippen LogP contribution < -0.4 is 5.14 Å². The fraction of sp³-hybridized carbons (Fsp3) is 0.182. The topological polar surface area (TPSA) is 86.5 Å². The molecule has 0 aromatic heterocycles. The maximum atomic E-state index is 11.6. The SMILES string of the molecule is C=Cc1cc(C(=O)OCC)c(Cl)c(S(N)(=O)=O)c1. The molecular weight excluding hydrogens is 278 g/mol. The van der Waals surface area contributed by atoms with E-state index in [2.05, 4.69) is 6.58 Å². The summed E-state index contributed by atoms with van der Waals surface area (Å²) >= 11 is 5.86. The van der Waals surface area contributed by atoms with Crippen LogP contribution in [0.25, 0.3) is 6.08 Å². The number of carbonyl (C=O) groups is 1. The minimum atomic E-state index is -4.02. The van der Waals surface area contributed by atoms with Crippen LogP contribution in [0.1, 0.15) is 22.8 Å². The number of nitrogens with two attached hydrogens (primary N) is 1.